The summed E-state index contributed by atoms with van der Waals surface area (Å²) in [6.07, 6.45) is 1.75. The van der Waals surface area contributed by atoms with Crippen LogP contribution in [0.2, 0.25) is 0 Å². The summed E-state index contributed by atoms with van der Waals surface area (Å²) in [6.45, 7) is 6.17. The van der Waals surface area contributed by atoms with Gasteiger partial charge in [0.25, 0.3) is 0 Å². The lowest BCUT2D eigenvalue weighted by atomic mass is 10.1. The molecular formula is C24H27N3O4S. The first kappa shape index (κ1) is 23.1. The largest absolute Gasteiger partial charge is 0.497 e. The third-order valence-corrected chi connectivity index (χ3v) is 5.62. The van der Waals surface area contributed by atoms with Crippen LogP contribution in [0.3, 0.4) is 0 Å². The Hall–Kier alpha value is -3.52. The summed E-state index contributed by atoms with van der Waals surface area (Å²) in [5, 5.41) is 6.92. The molecule has 0 fully saturated rings. The highest BCUT2D eigenvalue weighted by molar-refractivity contribution is 7.07. The Morgan fingerprint density at radius 3 is 2.25 bits per heavy atom. The van der Waals surface area contributed by atoms with Crippen LogP contribution in [-0.2, 0) is 0 Å². The molecule has 0 amide bonds. The normalized spacial score (nSPS) is 11.9. The maximum Gasteiger partial charge on any atom is 0.206 e. The highest BCUT2D eigenvalue weighted by Gasteiger charge is 2.16. The van der Waals surface area contributed by atoms with Crippen molar-refractivity contribution >= 4 is 17.0 Å². The van der Waals surface area contributed by atoms with Gasteiger partial charge in [0.2, 0.25) is 4.80 Å². The Kier molecular flexibility index (Phi) is 7.72. The summed E-state index contributed by atoms with van der Waals surface area (Å²) < 4.78 is 23.8. The Bertz CT molecular complexity index is 1190. The molecule has 3 aromatic rings. The molecule has 2 aromatic carbocycles. The van der Waals surface area contributed by atoms with Gasteiger partial charge in [-0.05, 0) is 43.3 Å². The van der Waals surface area contributed by atoms with E-state index >= 15 is 0 Å². The summed E-state index contributed by atoms with van der Waals surface area (Å²) >= 11 is 1.49. The summed E-state index contributed by atoms with van der Waals surface area (Å²) in [6, 6.07) is 11.3. The van der Waals surface area contributed by atoms with Crippen molar-refractivity contribution in [2.24, 2.45) is 10.1 Å². The Labute approximate surface area is 191 Å². The van der Waals surface area contributed by atoms with Crippen molar-refractivity contribution in [1.29, 1.82) is 0 Å². The minimum atomic E-state index is 0.478. The number of rotatable bonds is 9. The average Bonchev–Trinajstić information content (AvgIpc) is 3.23. The van der Waals surface area contributed by atoms with E-state index in [0.717, 1.165) is 38.8 Å². The highest BCUT2D eigenvalue weighted by Crippen LogP contribution is 2.34. The van der Waals surface area contributed by atoms with Crippen LogP contribution in [0, 0.1) is 0 Å². The predicted octanol–water partition coefficient (Wildman–Crippen LogP) is 4.61. The monoisotopic (exact) mass is 453 g/mol. The lowest BCUT2D eigenvalue weighted by molar-refractivity contribution is 0.402. The van der Waals surface area contributed by atoms with E-state index in [0.29, 0.717) is 18.0 Å². The van der Waals surface area contributed by atoms with Gasteiger partial charge in [-0.1, -0.05) is 6.08 Å². The number of thiazole rings is 1. The number of hydrogen-bond donors (Lipinski definition) is 0. The second kappa shape index (κ2) is 10.7. The van der Waals surface area contributed by atoms with Crippen LogP contribution >= 0.6 is 11.3 Å². The van der Waals surface area contributed by atoms with E-state index in [9.17, 15) is 0 Å². The van der Waals surface area contributed by atoms with Gasteiger partial charge in [0.15, 0.2) is 0 Å². The molecule has 0 bridgehead atoms. The molecule has 7 nitrogen and oxygen atoms in total. The second-order valence-corrected chi connectivity index (χ2v) is 7.50. The van der Waals surface area contributed by atoms with Gasteiger partial charge in [0, 0.05) is 16.5 Å². The van der Waals surface area contributed by atoms with Crippen molar-refractivity contribution in [1.82, 2.24) is 4.68 Å². The number of methoxy groups -OCH3 is 4. The van der Waals surface area contributed by atoms with E-state index in [4.69, 9.17) is 24.0 Å². The Morgan fingerprint density at radius 1 is 0.969 bits per heavy atom. The zero-order valence-corrected chi connectivity index (χ0v) is 19.7. The van der Waals surface area contributed by atoms with Crippen molar-refractivity contribution in [3.63, 3.8) is 0 Å². The van der Waals surface area contributed by atoms with Crippen LogP contribution in [0.25, 0.3) is 11.3 Å². The molecule has 0 spiro atoms. The van der Waals surface area contributed by atoms with Gasteiger partial charge in [-0.3, -0.25) is 4.99 Å². The van der Waals surface area contributed by atoms with Crippen LogP contribution in [0.1, 0.15) is 12.5 Å². The fraction of sp³-hybridized carbons (Fsp3) is 0.250. The number of ether oxygens (including phenoxy) is 4. The highest BCUT2D eigenvalue weighted by atomic mass is 32.1. The van der Waals surface area contributed by atoms with Crippen LogP contribution < -0.4 is 23.7 Å². The number of hydrogen-bond acceptors (Lipinski definition) is 7. The zero-order chi connectivity index (χ0) is 23.1. The lowest BCUT2D eigenvalue weighted by Crippen LogP contribution is -2.15. The molecule has 0 atom stereocenters. The summed E-state index contributed by atoms with van der Waals surface area (Å²) in [4.78, 5) is 5.35. The first-order valence-electron chi connectivity index (χ1n) is 9.88. The molecule has 0 saturated carbocycles. The van der Waals surface area contributed by atoms with Gasteiger partial charge in [-0.25, -0.2) is 4.68 Å². The van der Waals surface area contributed by atoms with Gasteiger partial charge in [0.1, 0.15) is 23.0 Å². The quantitative estimate of drug-likeness (QED) is 0.351. The van der Waals surface area contributed by atoms with Crippen LogP contribution in [-0.4, -0.2) is 45.4 Å². The predicted molar refractivity (Wildman–Crippen MR) is 129 cm³/mol. The summed E-state index contributed by atoms with van der Waals surface area (Å²) in [7, 11) is 6.54. The summed E-state index contributed by atoms with van der Waals surface area (Å²) in [5.74, 6) is 2.85. The number of benzene rings is 2. The molecule has 0 aliphatic rings. The van der Waals surface area contributed by atoms with Crippen LogP contribution in [0.4, 0.5) is 0 Å². The Balaban J connectivity index is 2.25. The fourth-order valence-electron chi connectivity index (χ4n) is 3.15. The van der Waals surface area contributed by atoms with E-state index in [1.54, 1.807) is 39.2 Å². The lowest BCUT2D eigenvalue weighted by Gasteiger charge is -2.13. The second-order valence-electron chi connectivity index (χ2n) is 6.66. The zero-order valence-electron chi connectivity index (χ0n) is 18.9. The van der Waals surface area contributed by atoms with Crippen molar-refractivity contribution in [3.8, 4) is 34.3 Å². The van der Waals surface area contributed by atoms with Gasteiger partial charge >= 0.3 is 0 Å². The molecular weight excluding hydrogens is 426 g/mol. The standard InChI is InChI=1S/C24H27N3O4S/c1-7-12-25-24-27(26-16(2)19-13-17(28-3)8-10-22(19)30-5)21(15-32-24)20-14-18(29-4)9-11-23(20)31-6/h7-11,13-15H,1,12H2,2-6H3. The van der Waals surface area contributed by atoms with E-state index in [1.807, 2.05) is 48.7 Å². The minimum absolute atomic E-state index is 0.478. The molecule has 1 heterocycles. The van der Waals surface area contributed by atoms with Crippen LogP contribution in [0.15, 0.2) is 64.5 Å². The molecule has 0 aliphatic carbocycles. The SMILES string of the molecule is C=CCN=c1scc(-c2cc(OC)ccc2OC)n1N=C(C)c1cc(OC)ccc1OC. The molecule has 1 aromatic heterocycles. The van der Waals surface area contributed by atoms with Crippen molar-refractivity contribution in [2.75, 3.05) is 35.0 Å². The molecule has 0 radical (unpaired) electrons. The maximum atomic E-state index is 5.61. The first-order chi connectivity index (χ1) is 15.6. The molecule has 0 N–H and O–H groups in total. The molecule has 0 saturated heterocycles. The molecule has 168 valence electrons. The molecule has 0 aliphatic heterocycles. The van der Waals surface area contributed by atoms with Gasteiger partial charge < -0.3 is 18.9 Å². The van der Waals surface area contributed by atoms with Gasteiger partial charge in [-0.15, -0.1) is 17.9 Å². The third kappa shape index (κ3) is 4.86. The topological polar surface area (TPSA) is 66.6 Å². The Morgan fingerprint density at radius 2 is 1.62 bits per heavy atom. The van der Waals surface area contributed by atoms with Gasteiger partial charge in [-0.2, -0.15) is 5.10 Å². The average molecular weight is 454 g/mol. The minimum Gasteiger partial charge on any atom is -0.497 e. The maximum absolute atomic E-state index is 5.61. The van der Waals surface area contributed by atoms with E-state index in [1.165, 1.54) is 11.3 Å². The number of aromatic nitrogens is 1. The van der Waals surface area contributed by atoms with Gasteiger partial charge in [0.05, 0.1) is 46.4 Å². The van der Waals surface area contributed by atoms with Crippen molar-refractivity contribution < 1.29 is 18.9 Å². The molecule has 0 unspecified atom stereocenters. The summed E-state index contributed by atoms with van der Waals surface area (Å²) in [5.41, 5.74) is 3.23. The molecule has 8 heteroatoms. The molecule has 3 rings (SSSR count). The van der Waals surface area contributed by atoms with Crippen molar-refractivity contribution in [3.05, 3.63) is 64.8 Å². The first-order valence-corrected chi connectivity index (χ1v) is 10.8. The smallest absolute Gasteiger partial charge is 0.206 e. The van der Waals surface area contributed by atoms with E-state index < -0.39 is 0 Å². The fourth-order valence-corrected chi connectivity index (χ4v) is 3.98. The molecule has 32 heavy (non-hydrogen) atoms. The van der Waals surface area contributed by atoms with E-state index in [2.05, 4.69) is 11.6 Å². The third-order valence-electron chi connectivity index (χ3n) is 4.77. The van der Waals surface area contributed by atoms with Crippen molar-refractivity contribution in [2.45, 2.75) is 6.92 Å². The van der Waals surface area contributed by atoms with E-state index in [-0.39, 0.29) is 0 Å². The number of nitrogens with zero attached hydrogens (tertiary/aromatic N) is 3. The van der Waals surface area contributed by atoms with Crippen LogP contribution in [0.5, 0.6) is 23.0 Å².